The van der Waals surface area contributed by atoms with Crippen molar-refractivity contribution < 1.29 is 9.18 Å². The first kappa shape index (κ1) is 15.8. The molecule has 128 valence electrons. The highest BCUT2D eigenvalue weighted by atomic mass is 19.1. The van der Waals surface area contributed by atoms with Crippen molar-refractivity contribution in [1.29, 1.82) is 0 Å². The molecule has 1 heterocycles. The van der Waals surface area contributed by atoms with E-state index < -0.39 is 0 Å². The summed E-state index contributed by atoms with van der Waals surface area (Å²) in [4.78, 5) is 20.0. The minimum absolute atomic E-state index is 0.0246. The van der Waals surface area contributed by atoms with Gasteiger partial charge in [0.05, 0.1) is 11.0 Å². The number of benzene rings is 2. The standard InChI is InChI=1S/C20H20FN3O/c21-16-7-2-1-6-13(16)14-12-15(14)20(25)22-11-5-10-19-23-17-8-3-4-9-18(17)24-19/h1-4,6-9,14-15H,5,10-12H2,(H,22,25)(H,23,24). The van der Waals surface area contributed by atoms with Crippen LogP contribution in [0, 0.1) is 11.7 Å². The van der Waals surface area contributed by atoms with E-state index in [1.54, 1.807) is 12.1 Å². The summed E-state index contributed by atoms with van der Waals surface area (Å²) < 4.78 is 13.8. The zero-order valence-corrected chi connectivity index (χ0v) is 13.8. The quantitative estimate of drug-likeness (QED) is 0.676. The molecule has 2 unspecified atom stereocenters. The SMILES string of the molecule is O=C(NCCCc1nc2ccccc2[nH]1)C1CC1c1ccccc1F. The Balaban J connectivity index is 1.24. The van der Waals surface area contributed by atoms with Gasteiger partial charge in [0.2, 0.25) is 5.91 Å². The minimum Gasteiger partial charge on any atom is -0.356 e. The number of H-pyrrole nitrogens is 1. The summed E-state index contributed by atoms with van der Waals surface area (Å²) in [7, 11) is 0. The van der Waals surface area contributed by atoms with Crippen LogP contribution in [0.3, 0.4) is 0 Å². The van der Waals surface area contributed by atoms with Gasteiger partial charge in [0.1, 0.15) is 11.6 Å². The molecule has 2 N–H and O–H groups in total. The molecular formula is C20H20FN3O. The average Bonchev–Trinajstić information content (AvgIpc) is 3.30. The van der Waals surface area contributed by atoms with E-state index in [1.807, 2.05) is 30.3 Å². The second-order valence-corrected chi connectivity index (χ2v) is 6.57. The van der Waals surface area contributed by atoms with Crippen LogP contribution < -0.4 is 5.32 Å². The van der Waals surface area contributed by atoms with E-state index in [0.717, 1.165) is 36.1 Å². The van der Waals surface area contributed by atoms with Crippen LogP contribution in [-0.4, -0.2) is 22.4 Å². The number of aryl methyl sites for hydroxylation is 1. The van der Waals surface area contributed by atoms with Gasteiger partial charge in [-0.05, 0) is 42.5 Å². The predicted molar refractivity (Wildman–Crippen MR) is 94.7 cm³/mol. The molecule has 5 heteroatoms. The molecule has 2 atom stereocenters. The van der Waals surface area contributed by atoms with Crippen LogP contribution in [0.1, 0.15) is 30.1 Å². The number of carbonyl (C=O) groups is 1. The largest absolute Gasteiger partial charge is 0.356 e. The third-order valence-electron chi connectivity index (χ3n) is 4.76. The first-order valence-corrected chi connectivity index (χ1v) is 8.68. The van der Waals surface area contributed by atoms with E-state index in [2.05, 4.69) is 15.3 Å². The maximum atomic E-state index is 13.8. The third kappa shape index (κ3) is 3.40. The fraction of sp³-hybridized carbons (Fsp3) is 0.300. The number of aromatic nitrogens is 2. The molecule has 1 aliphatic carbocycles. The number of aromatic amines is 1. The van der Waals surface area contributed by atoms with E-state index in [1.165, 1.54) is 6.07 Å². The molecule has 0 saturated heterocycles. The zero-order chi connectivity index (χ0) is 17.2. The number of imidazole rings is 1. The number of hydrogen-bond donors (Lipinski definition) is 2. The number of para-hydroxylation sites is 2. The third-order valence-corrected chi connectivity index (χ3v) is 4.76. The summed E-state index contributed by atoms with van der Waals surface area (Å²) in [5, 5.41) is 2.96. The lowest BCUT2D eigenvalue weighted by Gasteiger charge is -2.05. The van der Waals surface area contributed by atoms with Crippen LogP contribution in [0.4, 0.5) is 4.39 Å². The van der Waals surface area contributed by atoms with Crippen molar-refractivity contribution in [2.45, 2.75) is 25.2 Å². The van der Waals surface area contributed by atoms with Crippen molar-refractivity contribution >= 4 is 16.9 Å². The fourth-order valence-corrected chi connectivity index (χ4v) is 3.33. The molecule has 0 radical (unpaired) electrons. The van der Waals surface area contributed by atoms with Crippen molar-refractivity contribution in [3.63, 3.8) is 0 Å². The van der Waals surface area contributed by atoms with Gasteiger partial charge in [-0.25, -0.2) is 9.37 Å². The first-order chi connectivity index (χ1) is 12.2. The Kier molecular flexibility index (Phi) is 4.22. The van der Waals surface area contributed by atoms with Crippen molar-refractivity contribution in [2.75, 3.05) is 6.54 Å². The van der Waals surface area contributed by atoms with Gasteiger partial charge in [-0.2, -0.15) is 0 Å². The molecule has 0 spiro atoms. The second kappa shape index (κ2) is 6.67. The lowest BCUT2D eigenvalue weighted by molar-refractivity contribution is -0.122. The monoisotopic (exact) mass is 337 g/mol. The molecular weight excluding hydrogens is 317 g/mol. The lowest BCUT2D eigenvalue weighted by Crippen LogP contribution is -2.26. The summed E-state index contributed by atoms with van der Waals surface area (Å²) >= 11 is 0. The molecule has 1 aromatic heterocycles. The molecule has 4 nitrogen and oxygen atoms in total. The van der Waals surface area contributed by atoms with Crippen molar-refractivity contribution in [2.24, 2.45) is 5.92 Å². The van der Waals surface area contributed by atoms with Gasteiger partial charge in [-0.15, -0.1) is 0 Å². The van der Waals surface area contributed by atoms with Gasteiger partial charge in [0.25, 0.3) is 0 Å². The molecule has 1 fully saturated rings. The Morgan fingerprint density at radius 3 is 2.84 bits per heavy atom. The lowest BCUT2D eigenvalue weighted by atomic mass is 10.1. The minimum atomic E-state index is -0.215. The number of hydrogen-bond acceptors (Lipinski definition) is 2. The number of carbonyl (C=O) groups excluding carboxylic acids is 1. The molecule has 1 aliphatic rings. The van der Waals surface area contributed by atoms with Gasteiger partial charge >= 0.3 is 0 Å². The highest BCUT2D eigenvalue weighted by Crippen LogP contribution is 2.48. The predicted octanol–water partition coefficient (Wildman–Crippen LogP) is 3.55. The topological polar surface area (TPSA) is 57.8 Å². The summed E-state index contributed by atoms with van der Waals surface area (Å²) in [6, 6.07) is 14.6. The van der Waals surface area contributed by atoms with Crippen LogP contribution >= 0.6 is 0 Å². The van der Waals surface area contributed by atoms with Gasteiger partial charge in [-0.1, -0.05) is 30.3 Å². The van der Waals surface area contributed by atoms with Crippen LogP contribution in [0.15, 0.2) is 48.5 Å². The number of nitrogens with one attached hydrogen (secondary N) is 2. The summed E-state index contributed by atoms with van der Waals surface area (Å²) in [6.07, 6.45) is 2.34. The molecule has 25 heavy (non-hydrogen) atoms. The molecule has 0 aliphatic heterocycles. The number of rotatable bonds is 6. The number of halogens is 1. The Bertz CT molecular complexity index is 872. The van der Waals surface area contributed by atoms with E-state index in [4.69, 9.17) is 0 Å². The first-order valence-electron chi connectivity index (χ1n) is 8.68. The second-order valence-electron chi connectivity index (χ2n) is 6.57. The van der Waals surface area contributed by atoms with Gasteiger partial charge in [0, 0.05) is 18.9 Å². The number of amides is 1. The Morgan fingerprint density at radius 2 is 2.00 bits per heavy atom. The number of nitrogens with zero attached hydrogens (tertiary/aromatic N) is 1. The van der Waals surface area contributed by atoms with E-state index in [0.29, 0.717) is 12.1 Å². The Labute approximate surface area is 145 Å². The summed E-state index contributed by atoms with van der Waals surface area (Å²) in [5.41, 5.74) is 2.66. The molecule has 3 aromatic rings. The van der Waals surface area contributed by atoms with Gasteiger partial charge < -0.3 is 10.3 Å². The van der Waals surface area contributed by atoms with Gasteiger partial charge in [-0.3, -0.25) is 4.79 Å². The maximum Gasteiger partial charge on any atom is 0.223 e. The number of fused-ring (bicyclic) bond motifs is 1. The highest BCUT2D eigenvalue weighted by molar-refractivity contribution is 5.82. The zero-order valence-electron chi connectivity index (χ0n) is 13.8. The van der Waals surface area contributed by atoms with Crippen LogP contribution in [0.2, 0.25) is 0 Å². The summed E-state index contributed by atoms with van der Waals surface area (Å²) in [5.74, 6) is 0.677. The van der Waals surface area contributed by atoms with E-state index in [9.17, 15) is 9.18 Å². The highest BCUT2D eigenvalue weighted by Gasteiger charge is 2.44. The van der Waals surface area contributed by atoms with Crippen molar-refractivity contribution in [1.82, 2.24) is 15.3 Å². The Morgan fingerprint density at radius 1 is 1.20 bits per heavy atom. The van der Waals surface area contributed by atoms with Gasteiger partial charge in [0.15, 0.2) is 0 Å². The molecule has 1 amide bonds. The molecule has 1 saturated carbocycles. The van der Waals surface area contributed by atoms with Crippen LogP contribution in [0.25, 0.3) is 11.0 Å². The average molecular weight is 337 g/mol. The van der Waals surface area contributed by atoms with Crippen molar-refractivity contribution in [3.05, 3.63) is 65.7 Å². The molecule has 4 rings (SSSR count). The van der Waals surface area contributed by atoms with Crippen molar-refractivity contribution in [3.8, 4) is 0 Å². The molecule has 2 aromatic carbocycles. The van der Waals surface area contributed by atoms with Crippen LogP contribution in [0.5, 0.6) is 0 Å². The molecule has 0 bridgehead atoms. The summed E-state index contributed by atoms with van der Waals surface area (Å²) in [6.45, 7) is 0.608. The van der Waals surface area contributed by atoms with E-state index >= 15 is 0 Å². The normalized spacial score (nSPS) is 19.1. The van der Waals surface area contributed by atoms with Crippen LogP contribution in [-0.2, 0) is 11.2 Å². The smallest absolute Gasteiger partial charge is 0.223 e. The Hall–Kier alpha value is -2.69. The maximum absolute atomic E-state index is 13.8. The van der Waals surface area contributed by atoms with E-state index in [-0.39, 0.29) is 23.6 Å². The fourth-order valence-electron chi connectivity index (χ4n) is 3.33.